The highest BCUT2D eigenvalue weighted by Crippen LogP contribution is 2.24. The van der Waals surface area contributed by atoms with Gasteiger partial charge in [0.15, 0.2) is 0 Å². The van der Waals surface area contributed by atoms with E-state index in [4.69, 9.17) is 4.74 Å². The van der Waals surface area contributed by atoms with Crippen molar-refractivity contribution in [2.24, 2.45) is 0 Å². The van der Waals surface area contributed by atoms with Gasteiger partial charge in [0, 0.05) is 19.7 Å². The molecule has 0 aromatic carbocycles. The van der Waals surface area contributed by atoms with Crippen molar-refractivity contribution < 1.29 is 17.9 Å². The Bertz CT molecular complexity index is 737. The van der Waals surface area contributed by atoms with Crippen LogP contribution >= 0.6 is 0 Å². The molecular weight excluding hydrogens is 344 g/mol. The van der Waals surface area contributed by atoms with Gasteiger partial charge in [0.1, 0.15) is 5.60 Å². The zero-order valence-corrected chi connectivity index (χ0v) is 15.6. The molecule has 1 atom stereocenters. The predicted octanol–water partition coefficient (Wildman–Crippen LogP) is 0.624. The van der Waals surface area contributed by atoms with Crippen LogP contribution in [-0.2, 0) is 39.2 Å². The average molecular weight is 370 g/mol. The highest BCUT2D eigenvalue weighted by Gasteiger charge is 2.35. The number of nitrogens with one attached hydrogen (secondary N) is 1. The molecule has 0 spiro atoms. The fourth-order valence-corrected chi connectivity index (χ4v) is 4.16. The Morgan fingerprint density at radius 1 is 1.36 bits per heavy atom. The lowest BCUT2D eigenvalue weighted by Crippen LogP contribution is -2.48. The van der Waals surface area contributed by atoms with Gasteiger partial charge in [-0.15, -0.1) is 0 Å². The molecule has 0 radical (unpaired) electrons. The van der Waals surface area contributed by atoms with E-state index in [0.29, 0.717) is 32.8 Å². The van der Waals surface area contributed by atoms with Crippen LogP contribution in [0.1, 0.15) is 44.0 Å². The summed E-state index contributed by atoms with van der Waals surface area (Å²) in [6, 6.07) is 1.87. The molecule has 140 valence electrons. The molecule has 2 aliphatic heterocycles. The van der Waals surface area contributed by atoms with Crippen LogP contribution in [0.5, 0.6) is 0 Å². The number of aromatic nitrogens is 2. The third-order valence-electron chi connectivity index (χ3n) is 4.88. The van der Waals surface area contributed by atoms with E-state index in [2.05, 4.69) is 10.4 Å². The minimum Gasteiger partial charge on any atom is -0.365 e. The summed E-state index contributed by atoms with van der Waals surface area (Å²) in [6.45, 7) is 4.26. The molecule has 0 saturated carbocycles. The maximum Gasteiger partial charge on any atom is 0.252 e. The van der Waals surface area contributed by atoms with Crippen LogP contribution in [0.4, 0.5) is 0 Å². The topological polar surface area (TPSA) is 93.5 Å². The first-order valence-electron chi connectivity index (χ1n) is 8.71. The SMILES string of the molecule is CC1(C(=O)NCc2cc3n(n2)CCCN(S(C)(=O)=O)C3)CCCCO1. The zero-order valence-electron chi connectivity index (χ0n) is 14.8. The lowest BCUT2D eigenvalue weighted by molar-refractivity contribution is -0.150. The van der Waals surface area contributed by atoms with Crippen LogP contribution in [0.2, 0.25) is 0 Å². The molecule has 8 nitrogen and oxygen atoms in total. The Morgan fingerprint density at radius 2 is 2.16 bits per heavy atom. The van der Waals surface area contributed by atoms with E-state index in [9.17, 15) is 13.2 Å². The molecule has 1 saturated heterocycles. The van der Waals surface area contributed by atoms with Gasteiger partial charge in [0.2, 0.25) is 10.0 Å². The van der Waals surface area contributed by atoms with Gasteiger partial charge < -0.3 is 10.1 Å². The van der Waals surface area contributed by atoms with E-state index in [1.807, 2.05) is 17.7 Å². The fraction of sp³-hybridized carbons (Fsp3) is 0.750. The number of fused-ring (bicyclic) bond motifs is 1. The number of hydrogen-bond donors (Lipinski definition) is 1. The smallest absolute Gasteiger partial charge is 0.252 e. The minimum atomic E-state index is -3.23. The van der Waals surface area contributed by atoms with Gasteiger partial charge in [-0.3, -0.25) is 9.48 Å². The molecule has 0 bridgehead atoms. The van der Waals surface area contributed by atoms with Crippen molar-refractivity contribution in [3.05, 3.63) is 17.5 Å². The molecule has 1 N–H and O–H groups in total. The largest absolute Gasteiger partial charge is 0.365 e. The van der Waals surface area contributed by atoms with Gasteiger partial charge in [-0.05, 0) is 38.7 Å². The zero-order chi connectivity index (χ0) is 18.1. The minimum absolute atomic E-state index is 0.117. The van der Waals surface area contributed by atoms with E-state index in [1.54, 1.807) is 0 Å². The number of hydrogen-bond acceptors (Lipinski definition) is 5. The van der Waals surface area contributed by atoms with E-state index in [1.165, 1.54) is 10.6 Å². The number of rotatable bonds is 4. The standard InChI is InChI=1S/C16H26N4O4S/c1-16(6-3-4-9-24-16)15(21)17-11-13-10-14-12-19(25(2,22)23)7-5-8-20(14)18-13/h10H,3-9,11-12H2,1-2H3,(H,17,21). The number of ether oxygens (including phenoxy) is 1. The quantitative estimate of drug-likeness (QED) is 0.839. The Kier molecular flexibility index (Phi) is 5.17. The first kappa shape index (κ1) is 18.3. The molecule has 3 heterocycles. The summed E-state index contributed by atoms with van der Waals surface area (Å²) in [5.74, 6) is -0.117. The van der Waals surface area contributed by atoms with Crippen LogP contribution in [-0.4, -0.2) is 53.4 Å². The predicted molar refractivity (Wildman–Crippen MR) is 92.2 cm³/mol. The number of carbonyl (C=O) groups is 1. The number of amides is 1. The van der Waals surface area contributed by atoms with Crippen LogP contribution in [0.3, 0.4) is 0 Å². The molecule has 1 aromatic heterocycles. The van der Waals surface area contributed by atoms with Crippen LogP contribution < -0.4 is 5.32 Å². The molecule has 3 rings (SSSR count). The van der Waals surface area contributed by atoms with Crippen LogP contribution in [0.15, 0.2) is 6.07 Å². The number of nitrogens with zero attached hydrogens (tertiary/aromatic N) is 3. The third-order valence-corrected chi connectivity index (χ3v) is 6.13. The Hall–Kier alpha value is -1.45. The van der Waals surface area contributed by atoms with Crippen molar-refractivity contribution in [2.45, 2.75) is 57.8 Å². The van der Waals surface area contributed by atoms with Crippen molar-refractivity contribution in [1.29, 1.82) is 0 Å². The normalized spacial score (nSPS) is 25.2. The first-order valence-corrected chi connectivity index (χ1v) is 10.6. The molecule has 1 amide bonds. The Balaban J connectivity index is 1.64. The summed E-state index contributed by atoms with van der Waals surface area (Å²) in [4.78, 5) is 12.4. The fourth-order valence-electron chi connectivity index (χ4n) is 3.33. The second-order valence-electron chi connectivity index (χ2n) is 7.02. The van der Waals surface area contributed by atoms with Gasteiger partial charge in [-0.2, -0.15) is 9.40 Å². The molecular formula is C16H26N4O4S. The third kappa shape index (κ3) is 4.21. The van der Waals surface area contributed by atoms with Crippen molar-refractivity contribution in [1.82, 2.24) is 19.4 Å². The van der Waals surface area contributed by atoms with Crippen LogP contribution in [0, 0.1) is 0 Å². The lowest BCUT2D eigenvalue weighted by atomic mass is 9.95. The van der Waals surface area contributed by atoms with E-state index < -0.39 is 15.6 Å². The molecule has 0 aliphatic carbocycles. The van der Waals surface area contributed by atoms with E-state index in [0.717, 1.165) is 37.1 Å². The number of sulfonamides is 1. The van der Waals surface area contributed by atoms with Gasteiger partial charge >= 0.3 is 0 Å². The van der Waals surface area contributed by atoms with Gasteiger partial charge in [0.25, 0.3) is 5.91 Å². The second kappa shape index (κ2) is 7.05. The highest BCUT2D eigenvalue weighted by molar-refractivity contribution is 7.88. The van der Waals surface area contributed by atoms with Gasteiger partial charge in [-0.1, -0.05) is 0 Å². The van der Waals surface area contributed by atoms with Crippen molar-refractivity contribution >= 4 is 15.9 Å². The maximum atomic E-state index is 12.4. The second-order valence-corrected chi connectivity index (χ2v) is 9.00. The molecule has 1 fully saturated rings. The van der Waals surface area contributed by atoms with E-state index >= 15 is 0 Å². The molecule has 1 unspecified atom stereocenters. The van der Waals surface area contributed by atoms with Crippen molar-refractivity contribution in [3.8, 4) is 0 Å². The summed E-state index contributed by atoms with van der Waals surface area (Å²) in [5.41, 5.74) is 0.827. The summed E-state index contributed by atoms with van der Waals surface area (Å²) in [5, 5.41) is 7.41. The monoisotopic (exact) mass is 370 g/mol. The van der Waals surface area contributed by atoms with Crippen molar-refractivity contribution in [3.63, 3.8) is 0 Å². The van der Waals surface area contributed by atoms with Gasteiger partial charge in [-0.25, -0.2) is 8.42 Å². The van der Waals surface area contributed by atoms with E-state index in [-0.39, 0.29) is 5.91 Å². The number of aryl methyl sites for hydroxylation is 1. The van der Waals surface area contributed by atoms with Gasteiger partial charge in [0.05, 0.1) is 30.7 Å². The molecule has 1 aromatic rings. The summed E-state index contributed by atoms with van der Waals surface area (Å²) in [6.07, 6.45) is 4.66. The average Bonchev–Trinajstić information content (AvgIpc) is 2.82. The highest BCUT2D eigenvalue weighted by atomic mass is 32.2. The number of carbonyl (C=O) groups excluding carboxylic acids is 1. The first-order chi connectivity index (χ1) is 11.8. The molecule has 25 heavy (non-hydrogen) atoms. The molecule has 2 aliphatic rings. The maximum absolute atomic E-state index is 12.4. The Labute approximate surface area is 148 Å². The lowest BCUT2D eigenvalue weighted by Gasteiger charge is -2.32. The van der Waals surface area contributed by atoms with Crippen LogP contribution in [0.25, 0.3) is 0 Å². The summed E-state index contributed by atoms with van der Waals surface area (Å²) < 4.78 is 32.6. The summed E-state index contributed by atoms with van der Waals surface area (Å²) >= 11 is 0. The summed E-state index contributed by atoms with van der Waals surface area (Å²) in [7, 11) is -3.23. The van der Waals surface area contributed by atoms with Crippen molar-refractivity contribution in [2.75, 3.05) is 19.4 Å². The molecule has 9 heteroatoms. The Morgan fingerprint density at radius 3 is 2.84 bits per heavy atom.